The van der Waals surface area contributed by atoms with E-state index in [9.17, 15) is 18.3 Å². The maximum atomic E-state index is 11.9. The number of H-pyrrole nitrogens is 1. The van der Waals surface area contributed by atoms with Crippen molar-refractivity contribution in [1.29, 1.82) is 0 Å². The van der Waals surface area contributed by atoms with Crippen LogP contribution in [0.15, 0.2) is 36.5 Å². The minimum atomic E-state index is -4.72. The number of hydrogen-bond donors (Lipinski definition) is 2. The highest BCUT2D eigenvalue weighted by molar-refractivity contribution is 5.31. The average Bonchev–Trinajstić information content (AvgIpc) is 2.80. The van der Waals surface area contributed by atoms with E-state index in [1.165, 1.54) is 18.3 Å². The summed E-state index contributed by atoms with van der Waals surface area (Å²) in [5.74, 6) is -0.330. The zero-order chi connectivity index (χ0) is 13.2. The van der Waals surface area contributed by atoms with Gasteiger partial charge >= 0.3 is 6.36 Å². The third kappa shape index (κ3) is 3.01. The summed E-state index contributed by atoms with van der Waals surface area (Å²) in [7, 11) is 0. The van der Waals surface area contributed by atoms with E-state index in [1.54, 1.807) is 6.07 Å². The van der Waals surface area contributed by atoms with Gasteiger partial charge in [-0.1, -0.05) is 12.1 Å². The van der Waals surface area contributed by atoms with Gasteiger partial charge in [-0.05, 0) is 23.8 Å². The lowest BCUT2D eigenvalue weighted by Crippen LogP contribution is -2.17. The highest BCUT2D eigenvalue weighted by Crippen LogP contribution is 2.26. The molecule has 2 rings (SSSR count). The molecule has 1 heterocycles. The van der Waals surface area contributed by atoms with Crippen LogP contribution in [0, 0.1) is 0 Å². The zero-order valence-electron chi connectivity index (χ0n) is 8.98. The second kappa shape index (κ2) is 4.69. The first kappa shape index (κ1) is 12.4. The molecule has 4 nitrogen and oxygen atoms in total. The maximum Gasteiger partial charge on any atom is 0.573 e. The van der Waals surface area contributed by atoms with Crippen molar-refractivity contribution in [2.75, 3.05) is 0 Å². The number of alkyl halides is 3. The Bertz CT molecular complexity index is 494. The summed E-state index contributed by atoms with van der Waals surface area (Å²) < 4.78 is 39.5. The highest BCUT2D eigenvalue weighted by atomic mass is 19.4. The molecule has 0 spiro atoms. The number of aliphatic hydroxyl groups is 1. The van der Waals surface area contributed by atoms with Gasteiger partial charge in [0.15, 0.2) is 0 Å². The Labute approximate surface area is 100 Å². The van der Waals surface area contributed by atoms with Crippen molar-refractivity contribution >= 4 is 0 Å². The molecule has 0 saturated heterocycles. The Morgan fingerprint density at radius 2 is 1.83 bits per heavy atom. The van der Waals surface area contributed by atoms with E-state index in [2.05, 4.69) is 14.9 Å². The van der Waals surface area contributed by atoms with Gasteiger partial charge in [0.25, 0.3) is 0 Å². The summed E-state index contributed by atoms with van der Waals surface area (Å²) in [6.07, 6.45) is -4.21. The monoisotopic (exact) mass is 258 g/mol. The molecule has 0 saturated carbocycles. The zero-order valence-corrected chi connectivity index (χ0v) is 8.98. The van der Waals surface area contributed by atoms with Crippen LogP contribution in [-0.4, -0.2) is 21.7 Å². The van der Waals surface area contributed by atoms with E-state index in [4.69, 9.17) is 0 Å². The molecule has 96 valence electrons. The van der Waals surface area contributed by atoms with E-state index in [0.29, 0.717) is 11.3 Å². The highest BCUT2D eigenvalue weighted by Gasteiger charge is 2.31. The standard InChI is InChI=1S/C11H9F3N2O2/c12-11(13,14)18-8-3-1-7(2-4-8)10(17)9-5-6-15-16-9/h1-6,10,17H,(H,15,16). The number of hydrogen-bond acceptors (Lipinski definition) is 3. The molecule has 0 amide bonds. The number of aromatic amines is 1. The van der Waals surface area contributed by atoms with E-state index in [0.717, 1.165) is 12.1 Å². The van der Waals surface area contributed by atoms with Crippen LogP contribution in [0.5, 0.6) is 5.75 Å². The molecule has 1 unspecified atom stereocenters. The van der Waals surface area contributed by atoms with Crippen LogP contribution >= 0.6 is 0 Å². The quantitative estimate of drug-likeness (QED) is 0.888. The van der Waals surface area contributed by atoms with Crippen molar-refractivity contribution in [3.63, 3.8) is 0 Å². The van der Waals surface area contributed by atoms with Gasteiger partial charge in [0.1, 0.15) is 11.9 Å². The third-order valence-electron chi connectivity index (χ3n) is 2.25. The molecule has 0 radical (unpaired) electrons. The number of halogens is 3. The van der Waals surface area contributed by atoms with Crippen LogP contribution in [0.25, 0.3) is 0 Å². The topological polar surface area (TPSA) is 58.1 Å². The van der Waals surface area contributed by atoms with Gasteiger partial charge in [0.05, 0.1) is 5.69 Å². The molecule has 0 aliphatic rings. The van der Waals surface area contributed by atoms with Crippen molar-refractivity contribution in [3.8, 4) is 5.75 Å². The molecule has 0 aliphatic carbocycles. The molecule has 2 N–H and O–H groups in total. The first-order chi connectivity index (χ1) is 8.46. The molecule has 18 heavy (non-hydrogen) atoms. The van der Waals surface area contributed by atoms with Crippen LogP contribution in [0.2, 0.25) is 0 Å². The molecule has 0 fully saturated rings. The fraction of sp³-hybridized carbons (Fsp3) is 0.182. The van der Waals surface area contributed by atoms with Gasteiger partial charge < -0.3 is 9.84 Å². The molecular formula is C11H9F3N2O2. The maximum absolute atomic E-state index is 11.9. The molecule has 0 aliphatic heterocycles. The SMILES string of the molecule is OC(c1ccc(OC(F)(F)F)cc1)c1ccn[nH]1. The first-order valence-corrected chi connectivity index (χ1v) is 4.99. The average molecular weight is 258 g/mol. The van der Waals surface area contributed by atoms with E-state index in [-0.39, 0.29) is 5.75 Å². The Balaban J connectivity index is 2.13. The molecule has 1 aromatic heterocycles. The van der Waals surface area contributed by atoms with Crippen molar-refractivity contribution in [2.45, 2.75) is 12.5 Å². The molecule has 2 aromatic rings. The number of nitrogens with zero attached hydrogens (tertiary/aromatic N) is 1. The Kier molecular flexibility index (Phi) is 3.24. The van der Waals surface area contributed by atoms with Gasteiger partial charge in [-0.2, -0.15) is 5.10 Å². The number of nitrogens with one attached hydrogen (secondary N) is 1. The van der Waals surface area contributed by atoms with Crippen LogP contribution in [0.1, 0.15) is 17.4 Å². The number of ether oxygens (including phenoxy) is 1. The van der Waals surface area contributed by atoms with Crippen molar-refractivity contribution in [1.82, 2.24) is 10.2 Å². The predicted molar refractivity (Wildman–Crippen MR) is 55.8 cm³/mol. The summed E-state index contributed by atoms with van der Waals surface area (Å²) in [6.45, 7) is 0. The van der Waals surface area contributed by atoms with Gasteiger partial charge in [0, 0.05) is 6.20 Å². The summed E-state index contributed by atoms with van der Waals surface area (Å²) in [5.41, 5.74) is 0.897. The molecule has 1 aromatic carbocycles. The van der Waals surface area contributed by atoms with Gasteiger partial charge in [-0.15, -0.1) is 13.2 Å². The van der Waals surface area contributed by atoms with Gasteiger partial charge in [0.2, 0.25) is 0 Å². The number of aromatic nitrogens is 2. The third-order valence-corrected chi connectivity index (χ3v) is 2.25. The van der Waals surface area contributed by atoms with Crippen molar-refractivity contribution in [3.05, 3.63) is 47.8 Å². The Hall–Kier alpha value is -2.02. The van der Waals surface area contributed by atoms with Crippen molar-refractivity contribution in [2.24, 2.45) is 0 Å². The van der Waals surface area contributed by atoms with Crippen LogP contribution in [0.3, 0.4) is 0 Å². The molecule has 0 bridgehead atoms. The second-order valence-corrected chi connectivity index (χ2v) is 3.53. The summed E-state index contributed by atoms with van der Waals surface area (Å²) in [4.78, 5) is 0. The minimum Gasteiger partial charge on any atom is -0.406 e. The van der Waals surface area contributed by atoms with Crippen LogP contribution in [0.4, 0.5) is 13.2 Å². The van der Waals surface area contributed by atoms with Gasteiger partial charge in [-0.25, -0.2) is 0 Å². The minimum absolute atomic E-state index is 0.330. The van der Waals surface area contributed by atoms with E-state index in [1.807, 2.05) is 0 Å². The fourth-order valence-electron chi connectivity index (χ4n) is 1.45. The first-order valence-electron chi connectivity index (χ1n) is 4.99. The lowest BCUT2D eigenvalue weighted by Gasteiger charge is -2.11. The smallest absolute Gasteiger partial charge is 0.406 e. The summed E-state index contributed by atoms with van der Waals surface area (Å²) >= 11 is 0. The summed E-state index contributed by atoms with van der Waals surface area (Å²) in [5, 5.41) is 16.1. The number of rotatable bonds is 3. The largest absolute Gasteiger partial charge is 0.573 e. The Morgan fingerprint density at radius 1 is 1.17 bits per heavy atom. The van der Waals surface area contributed by atoms with Gasteiger partial charge in [-0.3, -0.25) is 5.10 Å². The molecule has 7 heteroatoms. The molecule has 1 atom stereocenters. The predicted octanol–water partition coefficient (Wildman–Crippen LogP) is 2.39. The fourth-order valence-corrected chi connectivity index (χ4v) is 1.45. The van der Waals surface area contributed by atoms with Crippen LogP contribution in [-0.2, 0) is 0 Å². The summed E-state index contributed by atoms with van der Waals surface area (Å²) in [6, 6.07) is 6.56. The van der Waals surface area contributed by atoms with Crippen molar-refractivity contribution < 1.29 is 23.0 Å². The number of benzene rings is 1. The van der Waals surface area contributed by atoms with E-state index >= 15 is 0 Å². The Morgan fingerprint density at radius 3 is 2.33 bits per heavy atom. The lowest BCUT2D eigenvalue weighted by molar-refractivity contribution is -0.274. The van der Waals surface area contributed by atoms with E-state index < -0.39 is 12.5 Å². The normalized spacial score (nSPS) is 13.3. The second-order valence-electron chi connectivity index (χ2n) is 3.53. The lowest BCUT2D eigenvalue weighted by atomic mass is 10.1. The molecular weight excluding hydrogens is 249 g/mol. The number of aliphatic hydroxyl groups excluding tert-OH is 1. The van der Waals surface area contributed by atoms with Crippen LogP contribution < -0.4 is 4.74 Å².